The van der Waals surface area contributed by atoms with E-state index in [1.165, 1.54) is 42.5 Å². The van der Waals surface area contributed by atoms with Crippen LogP contribution in [0.25, 0.3) is 0 Å². The molecular weight excluding hydrogens is 324 g/mol. The number of likely N-dealkylation sites (tertiary alicyclic amines) is 1. The van der Waals surface area contributed by atoms with E-state index in [0.29, 0.717) is 6.04 Å². The Kier molecular flexibility index (Phi) is 5.29. The molecule has 4 heteroatoms. The summed E-state index contributed by atoms with van der Waals surface area (Å²) in [4.78, 5) is 2.65. The van der Waals surface area contributed by atoms with Gasteiger partial charge in [0.05, 0.1) is 0 Å². The van der Waals surface area contributed by atoms with Gasteiger partial charge in [0.15, 0.2) is 0 Å². The fraction of sp³-hybridized carbons (Fsp3) is 0.600. The van der Waals surface area contributed by atoms with Crippen LogP contribution in [0.5, 0.6) is 0 Å². The molecule has 2 heterocycles. The lowest BCUT2D eigenvalue weighted by molar-refractivity contribution is 0.122. The van der Waals surface area contributed by atoms with E-state index < -0.39 is 0 Å². The van der Waals surface area contributed by atoms with Crippen molar-refractivity contribution >= 4 is 28.3 Å². The van der Waals surface area contributed by atoms with Gasteiger partial charge in [-0.25, -0.2) is 0 Å². The number of rotatable bonds is 2. The lowest BCUT2D eigenvalue weighted by atomic mass is 9.91. The molecule has 19 heavy (non-hydrogen) atoms. The molecule has 0 spiro atoms. The molecule has 0 amide bonds. The van der Waals surface area contributed by atoms with Crippen molar-refractivity contribution in [3.8, 4) is 0 Å². The number of nitrogens with zero attached hydrogens (tertiary/aromatic N) is 1. The first-order chi connectivity index (χ1) is 8.74. The second-order valence-corrected chi connectivity index (χ2v) is 6.54. The molecule has 2 aliphatic heterocycles. The summed E-state index contributed by atoms with van der Waals surface area (Å²) in [5.74, 6) is 0.869. The topological polar surface area (TPSA) is 15.3 Å². The normalized spacial score (nSPS) is 28.5. The van der Waals surface area contributed by atoms with Crippen LogP contribution in [0.4, 0.5) is 0 Å². The van der Waals surface area contributed by atoms with Crippen molar-refractivity contribution in [1.29, 1.82) is 0 Å². The number of hydrogen-bond acceptors (Lipinski definition) is 2. The largest absolute Gasteiger partial charge is 0.314 e. The first-order valence-corrected chi connectivity index (χ1v) is 7.76. The van der Waals surface area contributed by atoms with E-state index in [2.05, 4.69) is 57.3 Å². The lowest BCUT2D eigenvalue weighted by Gasteiger charge is -2.38. The third-order valence-corrected chi connectivity index (χ3v) is 5.06. The molecule has 0 saturated carbocycles. The number of hydrogen-bond donors (Lipinski definition) is 1. The van der Waals surface area contributed by atoms with Gasteiger partial charge in [-0.1, -0.05) is 28.1 Å². The highest BCUT2D eigenvalue weighted by atomic mass is 79.9. The van der Waals surface area contributed by atoms with E-state index in [1.807, 2.05) is 0 Å². The molecule has 2 nitrogen and oxygen atoms in total. The van der Waals surface area contributed by atoms with Gasteiger partial charge in [-0.3, -0.25) is 4.90 Å². The predicted octanol–water partition coefficient (Wildman–Crippen LogP) is 3.62. The summed E-state index contributed by atoms with van der Waals surface area (Å²) in [6.45, 7) is 6.03. The third kappa shape index (κ3) is 3.33. The van der Waals surface area contributed by atoms with E-state index in [4.69, 9.17) is 0 Å². The Morgan fingerprint density at radius 2 is 2.21 bits per heavy atom. The molecule has 2 fully saturated rings. The van der Waals surface area contributed by atoms with Gasteiger partial charge in [-0.2, -0.15) is 0 Å². The first-order valence-electron chi connectivity index (χ1n) is 6.97. The van der Waals surface area contributed by atoms with E-state index >= 15 is 0 Å². The third-order valence-electron chi connectivity index (χ3n) is 4.57. The van der Waals surface area contributed by atoms with Crippen LogP contribution in [-0.4, -0.2) is 30.6 Å². The molecule has 3 rings (SSSR count). The maximum absolute atomic E-state index is 3.63. The van der Waals surface area contributed by atoms with Gasteiger partial charge in [-0.15, -0.1) is 12.4 Å². The second-order valence-electron chi connectivity index (χ2n) is 5.62. The van der Waals surface area contributed by atoms with Gasteiger partial charge in [0, 0.05) is 29.6 Å². The molecule has 2 saturated heterocycles. The standard InChI is InChI=1S/C15H21BrN2.ClH/c1-11(12-3-2-4-14(16)9-12)18-8-6-15-13(10-18)5-7-17-15;/h2-4,9,11,13,15,17H,5-8,10H2,1H3;1H. The van der Waals surface area contributed by atoms with Crippen molar-refractivity contribution in [2.75, 3.05) is 19.6 Å². The molecule has 106 valence electrons. The summed E-state index contributed by atoms with van der Waals surface area (Å²) < 4.78 is 1.18. The lowest BCUT2D eigenvalue weighted by Crippen LogP contribution is -2.45. The minimum absolute atomic E-state index is 0. The fourth-order valence-corrected chi connectivity index (χ4v) is 3.82. The Morgan fingerprint density at radius 3 is 3.00 bits per heavy atom. The van der Waals surface area contributed by atoms with Crippen molar-refractivity contribution in [1.82, 2.24) is 10.2 Å². The Hall–Kier alpha value is -0.0900. The number of halogens is 2. The van der Waals surface area contributed by atoms with Crippen LogP contribution < -0.4 is 5.32 Å². The molecule has 1 aromatic rings. The zero-order chi connectivity index (χ0) is 12.5. The number of benzene rings is 1. The van der Waals surface area contributed by atoms with Crippen LogP contribution >= 0.6 is 28.3 Å². The highest BCUT2D eigenvalue weighted by Crippen LogP contribution is 2.31. The maximum atomic E-state index is 3.63. The molecule has 1 N–H and O–H groups in total. The zero-order valence-electron chi connectivity index (χ0n) is 11.3. The molecule has 3 unspecified atom stereocenters. The smallest absolute Gasteiger partial charge is 0.0320 e. The molecule has 1 aromatic carbocycles. The van der Waals surface area contributed by atoms with Crippen LogP contribution in [0.15, 0.2) is 28.7 Å². The Labute approximate surface area is 130 Å². The molecule has 0 aliphatic carbocycles. The van der Waals surface area contributed by atoms with Gasteiger partial charge in [0.25, 0.3) is 0 Å². The minimum Gasteiger partial charge on any atom is -0.314 e. The number of piperidine rings is 1. The van der Waals surface area contributed by atoms with Crippen molar-refractivity contribution in [2.24, 2.45) is 5.92 Å². The van der Waals surface area contributed by atoms with Gasteiger partial charge >= 0.3 is 0 Å². The van der Waals surface area contributed by atoms with E-state index in [0.717, 1.165) is 12.0 Å². The van der Waals surface area contributed by atoms with Gasteiger partial charge in [0.1, 0.15) is 0 Å². The maximum Gasteiger partial charge on any atom is 0.0320 e. The monoisotopic (exact) mass is 344 g/mol. The van der Waals surface area contributed by atoms with Gasteiger partial charge < -0.3 is 5.32 Å². The van der Waals surface area contributed by atoms with Crippen LogP contribution in [0.2, 0.25) is 0 Å². The molecule has 0 aromatic heterocycles. The Balaban J connectivity index is 0.00000133. The van der Waals surface area contributed by atoms with E-state index in [-0.39, 0.29) is 12.4 Å². The summed E-state index contributed by atoms with van der Waals surface area (Å²) in [7, 11) is 0. The van der Waals surface area contributed by atoms with Crippen LogP contribution in [0.3, 0.4) is 0 Å². The van der Waals surface area contributed by atoms with Crippen molar-refractivity contribution in [2.45, 2.75) is 31.8 Å². The Bertz CT molecular complexity index is 426. The molecule has 3 atom stereocenters. The van der Waals surface area contributed by atoms with Crippen LogP contribution in [0, 0.1) is 5.92 Å². The quantitative estimate of drug-likeness (QED) is 0.881. The van der Waals surface area contributed by atoms with Gasteiger partial charge in [0.2, 0.25) is 0 Å². The number of fused-ring (bicyclic) bond motifs is 1. The average Bonchev–Trinajstić information content (AvgIpc) is 2.85. The van der Waals surface area contributed by atoms with Crippen molar-refractivity contribution in [3.63, 3.8) is 0 Å². The van der Waals surface area contributed by atoms with E-state index in [1.54, 1.807) is 0 Å². The van der Waals surface area contributed by atoms with Crippen molar-refractivity contribution in [3.05, 3.63) is 34.3 Å². The highest BCUT2D eigenvalue weighted by Gasteiger charge is 2.34. The fourth-order valence-electron chi connectivity index (χ4n) is 3.40. The summed E-state index contributed by atoms with van der Waals surface area (Å²) in [5, 5.41) is 3.63. The SMILES string of the molecule is CC(c1cccc(Br)c1)N1CCC2NCCC2C1.Cl. The van der Waals surface area contributed by atoms with Crippen LogP contribution in [-0.2, 0) is 0 Å². The second kappa shape index (κ2) is 6.57. The van der Waals surface area contributed by atoms with Crippen LogP contribution in [0.1, 0.15) is 31.4 Å². The molecular formula is C15H22BrClN2. The molecule has 2 aliphatic rings. The average molecular weight is 346 g/mol. The molecule has 0 radical (unpaired) electrons. The summed E-state index contributed by atoms with van der Waals surface area (Å²) >= 11 is 3.57. The Morgan fingerprint density at radius 1 is 1.37 bits per heavy atom. The predicted molar refractivity (Wildman–Crippen MR) is 85.9 cm³/mol. The first kappa shape index (κ1) is 15.3. The summed E-state index contributed by atoms with van der Waals surface area (Å²) in [6, 6.07) is 10.1. The summed E-state index contributed by atoms with van der Waals surface area (Å²) in [6.07, 6.45) is 2.66. The molecule has 0 bridgehead atoms. The highest BCUT2D eigenvalue weighted by molar-refractivity contribution is 9.10. The van der Waals surface area contributed by atoms with Gasteiger partial charge in [-0.05, 0) is 49.9 Å². The van der Waals surface area contributed by atoms with Crippen molar-refractivity contribution < 1.29 is 0 Å². The number of nitrogens with one attached hydrogen (secondary N) is 1. The van der Waals surface area contributed by atoms with E-state index in [9.17, 15) is 0 Å². The zero-order valence-corrected chi connectivity index (χ0v) is 13.7. The minimum atomic E-state index is 0. The summed E-state index contributed by atoms with van der Waals surface area (Å²) in [5.41, 5.74) is 1.42.